The Morgan fingerprint density at radius 3 is 2.78 bits per heavy atom. The fourth-order valence-corrected chi connectivity index (χ4v) is 2.66. The van der Waals surface area contributed by atoms with Crippen molar-refractivity contribution >= 4 is 5.96 Å². The smallest absolute Gasteiger partial charge is 0.192 e. The number of ether oxygens (including phenoxy) is 1. The Morgan fingerprint density at radius 1 is 1.44 bits per heavy atom. The Balaban J connectivity index is 2.41. The van der Waals surface area contributed by atoms with Crippen LogP contribution in [-0.2, 0) is 5.54 Å². The lowest BCUT2D eigenvalue weighted by Gasteiger charge is -2.39. The van der Waals surface area contributed by atoms with Crippen LogP contribution >= 0.6 is 0 Å². The van der Waals surface area contributed by atoms with Crippen molar-refractivity contribution in [1.29, 1.82) is 0 Å². The first-order valence-corrected chi connectivity index (χ1v) is 6.23. The molecule has 0 bridgehead atoms. The third-order valence-corrected chi connectivity index (χ3v) is 3.54. The zero-order chi connectivity index (χ0) is 13.3. The van der Waals surface area contributed by atoms with Gasteiger partial charge < -0.3 is 15.4 Å². The van der Waals surface area contributed by atoms with Crippen LogP contribution in [0.4, 0.5) is 0 Å². The number of methoxy groups -OCH3 is 1. The zero-order valence-corrected chi connectivity index (χ0v) is 11.5. The van der Waals surface area contributed by atoms with Crippen LogP contribution in [-0.4, -0.2) is 30.6 Å². The van der Waals surface area contributed by atoms with Crippen LogP contribution in [0.1, 0.15) is 26.3 Å². The van der Waals surface area contributed by atoms with Crippen LogP contribution in [0.15, 0.2) is 29.3 Å². The maximum Gasteiger partial charge on any atom is 0.192 e. The van der Waals surface area contributed by atoms with Crippen LogP contribution < -0.4 is 10.5 Å². The van der Waals surface area contributed by atoms with Gasteiger partial charge in [-0.25, -0.2) is 0 Å². The van der Waals surface area contributed by atoms with E-state index in [4.69, 9.17) is 10.5 Å². The number of rotatable bonds is 3. The minimum absolute atomic E-state index is 0.188. The van der Waals surface area contributed by atoms with E-state index in [1.54, 1.807) is 7.11 Å². The van der Waals surface area contributed by atoms with Crippen molar-refractivity contribution < 1.29 is 4.74 Å². The van der Waals surface area contributed by atoms with E-state index in [1.807, 2.05) is 12.1 Å². The lowest BCUT2D eigenvalue weighted by molar-refractivity contribution is 0.184. The van der Waals surface area contributed by atoms with Crippen molar-refractivity contribution in [3.05, 3.63) is 29.8 Å². The van der Waals surface area contributed by atoms with Gasteiger partial charge in [0.2, 0.25) is 0 Å². The van der Waals surface area contributed by atoms with Crippen LogP contribution in [0.5, 0.6) is 5.75 Å². The highest BCUT2D eigenvalue weighted by Crippen LogP contribution is 2.35. The summed E-state index contributed by atoms with van der Waals surface area (Å²) < 4.78 is 5.29. The van der Waals surface area contributed by atoms with Crippen molar-refractivity contribution in [1.82, 2.24) is 4.90 Å². The molecule has 2 rings (SSSR count). The number of nitrogens with two attached hydrogens (primary N) is 1. The van der Waals surface area contributed by atoms with E-state index >= 15 is 0 Å². The summed E-state index contributed by atoms with van der Waals surface area (Å²) in [5.74, 6) is 1.48. The van der Waals surface area contributed by atoms with Crippen molar-refractivity contribution in [2.45, 2.75) is 32.4 Å². The molecule has 0 fully saturated rings. The van der Waals surface area contributed by atoms with Crippen LogP contribution in [0.25, 0.3) is 0 Å². The average molecular weight is 247 g/mol. The quantitative estimate of drug-likeness (QED) is 0.888. The Morgan fingerprint density at radius 2 is 2.17 bits per heavy atom. The highest BCUT2D eigenvalue weighted by molar-refractivity contribution is 5.81. The maximum atomic E-state index is 6.01. The molecule has 1 heterocycles. The standard InChI is InChI=1S/C14H21N3O/c1-10(2)17-13(15)16-9-14(17,3)11-6-5-7-12(8-11)18-4/h5-8,10H,9H2,1-4H3,(H2,15,16). The summed E-state index contributed by atoms with van der Waals surface area (Å²) in [6, 6.07) is 8.43. The summed E-state index contributed by atoms with van der Waals surface area (Å²) in [5.41, 5.74) is 7.00. The second-order valence-electron chi connectivity index (χ2n) is 5.14. The molecular formula is C14H21N3O. The van der Waals surface area contributed by atoms with E-state index in [-0.39, 0.29) is 5.54 Å². The Kier molecular flexibility index (Phi) is 3.20. The summed E-state index contributed by atoms with van der Waals surface area (Å²) in [6.45, 7) is 7.12. The van der Waals surface area contributed by atoms with Gasteiger partial charge in [0.15, 0.2) is 5.96 Å². The number of benzene rings is 1. The molecule has 4 heteroatoms. The molecule has 0 radical (unpaired) electrons. The van der Waals surface area contributed by atoms with Gasteiger partial charge in [-0.15, -0.1) is 0 Å². The summed E-state index contributed by atoms with van der Waals surface area (Å²) in [6.07, 6.45) is 0. The van der Waals surface area contributed by atoms with Crippen molar-refractivity contribution in [3.8, 4) is 5.75 Å². The summed E-state index contributed by atoms with van der Waals surface area (Å²) in [7, 11) is 1.68. The highest BCUT2D eigenvalue weighted by Gasteiger charge is 2.40. The molecule has 2 N–H and O–H groups in total. The summed E-state index contributed by atoms with van der Waals surface area (Å²) >= 11 is 0. The van der Waals surface area contributed by atoms with Gasteiger partial charge >= 0.3 is 0 Å². The second-order valence-corrected chi connectivity index (χ2v) is 5.14. The van der Waals surface area contributed by atoms with Gasteiger partial charge in [-0.05, 0) is 38.5 Å². The molecule has 0 spiro atoms. The first-order chi connectivity index (χ1) is 8.49. The van der Waals surface area contributed by atoms with Crippen molar-refractivity contribution in [3.63, 3.8) is 0 Å². The minimum atomic E-state index is -0.188. The average Bonchev–Trinajstić information content (AvgIpc) is 2.66. The topological polar surface area (TPSA) is 50.9 Å². The van der Waals surface area contributed by atoms with Gasteiger partial charge in [0.05, 0.1) is 19.2 Å². The predicted octanol–water partition coefficient (Wildman–Crippen LogP) is 1.95. The zero-order valence-electron chi connectivity index (χ0n) is 11.5. The van der Waals surface area contributed by atoms with E-state index in [1.165, 1.54) is 5.56 Å². The second kappa shape index (κ2) is 4.52. The number of hydrogen-bond donors (Lipinski definition) is 1. The van der Waals surface area contributed by atoms with Gasteiger partial charge in [-0.3, -0.25) is 4.99 Å². The molecule has 1 aromatic rings. The Labute approximate surface area is 108 Å². The molecule has 1 aliphatic rings. The molecule has 0 saturated heterocycles. The fourth-order valence-electron chi connectivity index (χ4n) is 2.66. The number of hydrogen-bond acceptors (Lipinski definition) is 4. The van der Waals surface area contributed by atoms with Crippen LogP contribution in [0.3, 0.4) is 0 Å². The number of aliphatic imine (C=N–C) groups is 1. The monoisotopic (exact) mass is 247 g/mol. The molecule has 98 valence electrons. The molecule has 18 heavy (non-hydrogen) atoms. The normalized spacial score (nSPS) is 23.4. The van der Waals surface area contributed by atoms with E-state index < -0.39 is 0 Å². The Bertz CT molecular complexity index is 470. The van der Waals surface area contributed by atoms with Crippen LogP contribution in [0, 0.1) is 0 Å². The number of nitrogens with zero attached hydrogens (tertiary/aromatic N) is 2. The SMILES string of the molecule is COc1cccc(C2(C)CN=C(N)N2C(C)C)c1. The van der Waals surface area contributed by atoms with E-state index in [0.717, 1.165) is 5.75 Å². The number of guanidine groups is 1. The molecule has 1 aliphatic heterocycles. The van der Waals surface area contributed by atoms with Crippen molar-refractivity contribution in [2.75, 3.05) is 13.7 Å². The van der Waals surface area contributed by atoms with Crippen LogP contribution in [0.2, 0.25) is 0 Å². The lowest BCUT2D eigenvalue weighted by atomic mass is 9.90. The van der Waals surface area contributed by atoms with E-state index in [0.29, 0.717) is 18.5 Å². The molecular weight excluding hydrogens is 226 g/mol. The maximum absolute atomic E-state index is 6.01. The summed E-state index contributed by atoms with van der Waals surface area (Å²) in [5, 5.41) is 0. The molecule has 1 aromatic carbocycles. The molecule has 0 saturated carbocycles. The molecule has 4 nitrogen and oxygen atoms in total. The van der Waals surface area contributed by atoms with Gasteiger partial charge in [0.1, 0.15) is 5.75 Å². The molecule has 0 aromatic heterocycles. The van der Waals surface area contributed by atoms with Gasteiger partial charge in [0.25, 0.3) is 0 Å². The Hall–Kier alpha value is -1.71. The van der Waals surface area contributed by atoms with E-state index in [2.05, 4.69) is 42.8 Å². The fraction of sp³-hybridized carbons (Fsp3) is 0.500. The van der Waals surface area contributed by atoms with Gasteiger partial charge in [-0.2, -0.15) is 0 Å². The lowest BCUT2D eigenvalue weighted by Crippen LogP contribution is -2.51. The summed E-state index contributed by atoms with van der Waals surface area (Å²) in [4.78, 5) is 6.57. The first-order valence-electron chi connectivity index (χ1n) is 6.23. The van der Waals surface area contributed by atoms with Crippen molar-refractivity contribution in [2.24, 2.45) is 10.7 Å². The first kappa shape index (κ1) is 12.7. The minimum Gasteiger partial charge on any atom is -0.497 e. The van der Waals surface area contributed by atoms with Gasteiger partial charge in [0, 0.05) is 6.04 Å². The van der Waals surface area contributed by atoms with Gasteiger partial charge in [-0.1, -0.05) is 12.1 Å². The molecule has 1 atom stereocenters. The molecule has 0 amide bonds. The molecule has 0 aliphatic carbocycles. The van der Waals surface area contributed by atoms with E-state index in [9.17, 15) is 0 Å². The highest BCUT2D eigenvalue weighted by atomic mass is 16.5. The largest absolute Gasteiger partial charge is 0.497 e. The third-order valence-electron chi connectivity index (χ3n) is 3.54. The predicted molar refractivity (Wildman–Crippen MR) is 73.8 cm³/mol. The third kappa shape index (κ3) is 1.92. The molecule has 1 unspecified atom stereocenters.